The molecular formula is C20H21N3O2. The predicted molar refractivity (Wildman–Crippen MR) is 98.7 cm³/mol. The van der Waals surface area contributed by atoms with Crippen molar-refractivity contribution in [1.82, 2.24) is 10.3 Å². The third-order valence-corrected chi connectivity index (χ3v) is 3.96. The third-order valence-electron chi connectivity index (χ3n) is 3.96. The fraction of sp³-hybridized carbons (Fsp3) is 0.200. The molecule has 0 saturated heterocycles. The molecule has 2 aromatic carbocycles. The highest BCUT2D eigenvalue weighted by Gasteiger charge is 2.17. The Balaban J connectivity index is 1.59. The molecule has 1 aromatic heterocycles. The molecule has 0 spiro atoms. The SMILES string of the molecule is Cc1oc(-c2ccccc2)nc1C(=O)NCCN(C)c1ccccc1. The molecule has 128 valence electrons. The van der Waals surface area contributed by atoms with E-state index in [4.69, 9.17) is 4.42 Å². The zero-order chi connectivity index (χ0) is 17.6. The summed E-state index contributed by atoms with van der Waals surface area (Å²) in [5.74, 6) is 0.766. The first kappa shape index (κ1) is 16.8. The van der Waals surface area contributed by atoms with Crippen molar-refractivity contribution in [2.45, 2.75) is 6.92 Å². The average Bonchev–Trinajstić information content (AvgIpc) is 3.05. The number of likely N-dealkylation sites (N-methyl/N-ethyl adjacent to an activating group) is 1. The van der Waals surface area contributed by atoms with Crippen LogP contribution in [0.15, 0.2) is 65.1 Å². The van der Waals surface area contributed by atoms with Crippen molar-refractivity contribution in [3.63, 3.8) is 0 Å². The summed E-state index contributed by atoms with van der Waals surface area (Å²) in [7, 11) is 2.00. The summed E-state index contributed by atoms with van der Waals surface area (Å²) < 4.78 is 5.64. The molecule has 0 fully saturated rings. The van der Waals surface area contributed by atoms with Crippen molar-refractivity contribution in [2.24, 2.45) is 0 Å². The van der Waals surface area contributed by atoms with Crippen LogP contribution >= 0.6 is 0 Å². The lowest BCUT2D eigenvalue weighted by Gasteiger charge is -2.19. The lowest BCUT2D eigenvalue weighted by Crippen LogP contribution is -2.33. The first-order valence-corrected chi connectivity index (χ1v) is 8.22. The Bertz CT molecular complexity index is 829. The second-order valence-corrected chi connectivity index (χ2v) is 5.80. The van der Waals surface area contributed by atoms with E-state index in [0.29, 0.717) is 30.4 Å². The van der Waals surface area contributed by atoms with E-state index in [9.17, 15) is 4.79 Å². The van der Waals surface area contributed by atoms with E-state index in [1.54, 1.807) is 6.92 Å². The van der Waals surface area contributed by atoms with E-state index in [0.717, 1.165) is 11.3 Å². The monoisotopic (exact) mass is 335 g/mol. The molecule has 0 aliphatic heterocycles. The summed E-state index contributed by atoms with van der Waals surface area (Å²) >= 11 is 0. The van der Waals surface area contributed by atoms with Crippen LogP contribution in [-0.4, -0.2) is 31.0 Å². The van der Waals surface area contributed by atoms with Gasteiger partial charge < -0.3 is 14.6 Å². The Hall–Kier alpha value is -3.08. The van der Waals surface area contributed by atoms with Crippen LogP contribution in [-0.2, 0) is 0 Å². The Labute approximate surface area is 147 Å². The van der Waals surface area contributed by atoms with Gasteiger partial charge in [-0.25, -0.2) is 4.98 Å². The number of hydrogen-bond donors (Lipinski definition) is 1. The van der Waals surface area contributed by atoms with Gasteiger partial charge in [-0.3, -0.25) is 4.79 Å². The zero-order valence-electron chi connectivity index (χ0n) is 14.4. The minimum atomic E-state index is -0.218. The molecule has 1 heterocycles. The number of amides is 1. The number of nitrogens with one attached hydrogen (secondary N) is 1. The van der Waals surface area contributed by atoms with Crippen molar-refractivity contribution in [3.8, 4) is 11.5 Å². The molecule has 0 aliphatic rings. The summed E-state index contributed by atoms with van der Waals surface area (Å²) in [6, 6.07) is 19.6. The number of benzene rings is 2. The van der Waals surface area contributed by atoms with Gasteiger partial charge in [-0.05, 0) is 31.2 Å². The van der Waals surface area contributed by atoms with Gasteiger partial charge in [0.05, 0.1) is 0 Å². The molecular weight excluding hydrogens is 314 g/mol. The first-order chi connectivity index (χ1) is 12.1. The molecule has 0 bridgehead atoms. The number of hydrogen-bond acceptors (Lipinski definition) is 4. The quantitative estimate of drug-likeness (QED) is 0.749. The smallest absolute Gasteiger partial charge is 0.273 e. The van der Waals surface area contributed by atoms with Crippen LogP contribution in [0.3, 0.4) is 0 Å². The van der Waals surface area contributed by atoms with Crippen molar-refractivity contribution < 1.29 is 9.21 Å². The van der Waals surface area contributed by atoms with E-state index >= 15 is 0 Å². The maximum Gasteiger partial charge on any atom is 0.273 e. The van der Waals surface area contributed by atoms with Crippen LogP contribution in [0.4, 0.5) is 5.69 Å². The number of para-hydroxylation sites is 1. The minimum absolute atomic E-state index is 0.218. The highest BCUT2D eigenvalue weighted by atomic mass is 16.4. The normalized spacial score (nSPS) is 10.5. The number of carbonyl (C=O) groups is 1. The molecule has 5 nitrogen and oxygen atoms in total. The average molecular weight is 335 g/mol. The number of rotatable bonds is 6. The lowest BCUT2D eigenvalue weighted by molar-refractivity contribution is 0.0949. The fourth-order valence-electron chi connectivity index (χ4n) is 2.54. The van der Waals surface area contributed by atoms with Crippen LogP contribution in [0.1, 0.15) is 16.2 Å². The highest BCUT2D eigenvalue weighted by molar-refractivity contribution is 5.93. The molecule has 1 amide bonds. The number of carbonyl (C=O) groups excluding carboxylic acids is 1. The summed E-state index contributed by atoms with van der Waals surface area (Å²) in [6.45, 7) is 2.99. The zero-order valence-corrected chi connectivity index (χ0v) is 14.4. The molecule has 3 rings (SSSR count). The molecule has 3 aromatic rings. The minimum Gasteiger partial charge on any atom is -0.441 e. The standard InChI is InChI=1S/C20H21N3O2/c1-15-18(22-20(25-15)16-9-5-3-6-10-16)19(24)21-13-14-23(2)17-11-7-4-8-12-17/h3-12H,13-14H2,1-2H3,(H,21,24). The molecule has 0 aliphatic carbocycles. The molecule has 25 heavy (non-hydrogen) atoms. The largest absolute Gasteiger partial charge is 0.441 e. The van der Waals surface area contributed by atoms with Crippen molar-refractivity contribution in [3.05, 3.63) is 72.1 Å². The van der Waals surface area contributed by atoms with Crippen molar-refractivity contribution in [2.75, 3.05) is 25.0 Å². The Morgan fingerprint density at radius 2 is 1.72 bits per heavy atom. The van der Waals surface area contributed by atoms with E-state index in [2.05, 4.69) is 15.2 Å². The van der Waals surface area contributed by atoms with E-state index in [1.807, 2.05) is 67.7 Å². The van der Waals surface area contributed by atoms with Gasteiger partial charge in [-0.15, -0.1) is 0 Å². The summed E-state index contributed by atoms with van der Waals surface area (Å²) in [5, 5.41) is 2.90. The maximum atomic E-state index is 12.4. The third kappa shape index (κ3) is 4.07. The van der Waals surface area contributed by atoms with Crippen LogP contribution in [0.5, 0.6) is 0 Å². The molecule has 0 saturated carbocycles. The lowest BCUT2D eigenvalue weighted by atomic mass is 10.2. The number of anilines is 1. The van der Waals surface area contributed by atoms with E-state index in [1.165, 1.54) is 0 Å². The fourth-order valence-corrected chi connectivity index (χ4v) is 2.54. The van der Waals surface area contributed by atoms with Crippen LogP contribution in [0, 0.1) is 6.92 Å². The Morgan fingerprint density at radius 1 is 1.08 bits per heavy atom. The van der Waals surface area contributed by atoms with Gasteiger partial charge in [-0.1, -0.05) is 36.4 Å². The number of nitrogens with zero attached hydrogens (tertiary/aromatic N) is 2. The predicted octanol–water partition coefficient (Wildman–Crippen LogP) is 3.52. The second kappa shape index (κ2) is 7.66. The van der Waals surface area contributed by atoms with Gasteiger partial charge in [0.25, 0.3) is 5.91 Å². The van der Waals surface area contributed by atoms with E-state index < -0.39 is 0 Å². The molecule has 5 heteroatoms. The van der Waals surface area contributed by atoms with Crippen LogP contribution < -0.4 is 10.2 Å². The van der Waals surface area contributed by atoms with Crippen LogP contribution in [0.25, 0.3) is 11.5 Å². The summed E-state index contributed by atoms with van der Waals surface area (Å²) in [4.78, 5) is 18.8. The topological polar surface area (TPSA) is 58.4 Å². The molecule has 1 N–H and O–H groups in total. The van der Waals surface area contributed by atoms with Crippen molar-refractivity contribution >= 4 is 11.6 Å². The van der Waals surface area contributed by atoms with Gasteiger partial charge in [0, 0.05) is 31.4 Å². The molecule has 0 radical (unpaired) electrons. The van der Waals surface area contributed by atoms with Gasteiger partial charge in [0.2, 0.25) is 5.89 Å². The van der Waals surface area contributed by atoms with Crippen LogP contribution in [0.2, 0.25) is 0 Å². The molecule has 0 unspecified atom stereocenters. The van der Waals surface area contributed by atoms with E-state index in [-0.39, 0.29) is 5.91 Å². The van der Waals surface area contributed by atoms with Gasteiger partial charge >= 0.3 is 0 Å². The summed E-state index contributed by atoms with van der Waals surface area (Å²) in [6.07, 6.45) is 0. The first-order valence-electron chi connectivity index (χ1n) is 8.22. The van der Waals surface area contributed by atoms with Gasteiger partial charge in [0.1, 0.15) is 5.76 Å². The second-order valence-electron chi connectivity index (χ2n) is 5.80. The Morgan fingerprint density at radius 3 is 2.40 bits per heavy atom. The number of oxazole rings is 1. The number of aryl methyl sites for hydroxylation is 1. The van der Waals surface area contributed by atoms with Crippen molar-refractivity contribution in [1.29, 1.82) is 0 Å². The maximum absolute atomic E-state index is 12.4. The Kier molecular flexibility index (Phi) is 5.14. The highest BCUT2D eigenvalue weighted by Crippen LogP contribution is 2.21. The van der Waals surface area contributed by atoms with Gasteiger partial charge in [0.15, 0.2) is 5.69 Å². The summed E-state index contributed by atoms with van der Waals surface area (Å²) in [5.41, 5.74) is 2.30. The van der Waals surface area contributed by atoms with Gasteiger partial charge in [-0.2, -0.15) is 0 Å². The molecule has 0 atom stereocenters. The number of aromatic nitrogens is 1.